The third-order valence-corrected chi connectivity index (χ3v) is 6.05. The molecule has 1 aliphatic carbocycles. The Morgan fingerprint density at radius 2 is 2.00 bits per heavy atom. The van der Waals surface area contributed by atoms with Crippen LogP contribution in [0, 0.1) is 12.8 Å². The monoisotopic (exact) mass is 287 g/mol. The van der Waals surface area contributed by atoms with E-state index in [-0.39, 0.29) is 0 Å². The highest BCUT2D eigenvalue weighted by Gasteiger charge is 2.34. The third kappa shape index (κ3) is 1.93. The average molecular weight is 287 g/mol. The van der Waals surface area contributed by atoms with Gasteiger partial charge in [-0.15, -0.1) is 11.3 Å². The standard InChI is InChI=1S/C16H21N3S/c1-11-9-20-16-14(11)15(17-10-18-16)19-8-4-6-12-5-2-3-7-13(12)19/h9-10,12-13H,2-8H2,1H3. The van der Waals surface area contributed by atoms with Crippen molar-refractivity contribution in [3.8, 4) is 0 Å². The van der Waals surface area contributed by atoms with Gasteiger partial charge in [0.15, 0.2) is 0 Å². The summed E-state index contributed by atoms with van der Waals surface area (Å²) >= 11 is 1.74. The molecule has 0 radical (unpaired) electrons. The van der Waals surface area contributed by atoms with Gasteiger partial charge >= 0.3 is 0 Å². The number of hydrogen-bond acceptors (Lipinski definition) is 4. The molecule has 2 fully saturated rings. The molecule has 0 amide bonds. The molecule has 2 aromatic heterocycles. The summed E-state index contributed by atoms with van der Waals surface area (Å²) in [5.41, 5.74) is 1.33. The summed E-state index contributed by atoms with van der Waals surface area (Å²) in [4.78, 5) is 12.9. The molecule has 20 heavy (non-hydrogen) atoms. The van der Waals surface area contributed by atoms with Crippen LogP contribution < -0.4 is 4.90 Å². The van der Waals surface area contributed by atoms with Gasteiger partial charge in [0.25, 0.3) is 0 Å². The van der Waals surface area contributed by atoms with Gasteiger partial charge in [-0.05, 0) is 49.5 Å². The van der Waals surface area contributed by atoms with E-state index in [9.17, 15) is 0 Å². The molecule has 2 aromatic rings. The maximum Gasteiger partial charge on any atom is 0.141 e. The maximum absolute atomic E-state index is 4.68. The molecule has 106 valence electrons. The zero-order chi connectivity index (χ0) is 13.5. The lowest BCUT2D eigenvalue weighted by atomic mass is 9.78. The first-order valence-corrected chi connectivity index (χ1v) is 8.68. The Labute approximate surface area is 124 Å². The van der Waals surface area contributed by atoms with Gasteiger partial charge in [0.1, 0.15) is 17.0 Å². The van der Waals surface area contributed by atoms with Crippen molar-refractivity contribution in [1.29, 1.82) is 0 Å². The Balaban J connectivity index is 1.79. The molecule has 4 heteroatoms. The Hall–Kier alpha value is -1.16. The van der Waals surface area contributed by atoms with Crippen molar-refractivity contribution >= 4 is 27.4 Å². The largest absolute Gasteiger partial charge is 0.353 e. The minimum absolute atomic E-state index is 0.717. The SMILES string of the molecule is Cc1csc2ncnc(N3CCCC4CCCCC43)c12. The zero-order valence-corrected chi connectivity index (χ0v) is 12.8. The van der Waals surface area contributed by atoms with Crippen LogP contribution in [0.15, 0.2) is 11.7 Å². The van der Waals surface area contributed by atoms with Crippen LogP contribution in [0.4, 0.5) is 5.82 Å². The maximum atomic E-state index is 4.68. The number of piperidine rings is 1. The van der Waals surface area contributed by atoms with E-state index in [1.165, 1.54) is 61.8 Å². The van der Waals surface area contributed by atoms with Crippen LogP contribution >= 0.6 is 11.3 Å². The molecule has 2 atom stereocenters. The number of hydrogen-bond donors (Lipinski definition) is 0. The van der Waals surface area contributed by atoms with Crippen LogP contribution in [0.2, 0.25) is 0 Å². The number of rotatable bonds is 1. The fourth-order valence-electron chi connectivity index (χ4n) is 4.10. The lowest BCUT2D eigenvalue weighted by Crippen LogP contribution is -2.47. The van der Waals surface area contributed by atoms with Crippen LogP contribution in [-0.2, 0) is 0 Å². The molecular weight excluding hydrogens is 266 g/mol. The minimum atomic E-state index is 0.717. The van der Waals surface area contributed by atoms with Gasteiger partial charge in [-0.25, -0.2) is 9.97 Å². The minimum Gasteiger partial charge on any atom is -0.353 e. The van der Waals surface area contributed by atoms with E-state index >= 15 is 0 Å². The van der Waals surface area contributed by atoms with Crippen molar-refractivity contribution < 1.29 is 0 Å². The molecule has 0 bridgehead atoms. The van der Waals surface area contributed by atoms with E-state index in [1.807, 2.05) is 0 Å². The Morgan fingerprint density at radius 1 is 1.15 bits per heavy atom. The number of nitrogens with zero attached hydrogens (tertiary/aromatic N) is 3. The zero-order valence-electron chi connectivity index (χ0n) is 12.0. The fourth-order valence-corrected chi connectivity index (χ4v) is 4.99. The molecule has 0 N–H and O–H groups in total. The van der Waals surface area contributed by atoms with Crippen molar-refractivity contribution in [2.45, 2.75) is 51.5 Å². The highest BCUT2D eigenvalue weighted by molar-refractivity contribution is 7.17. The van der Waals surface area contributed by atoms with Crippen molar-refractivity contribution in [2.75, 3.05) is 11.4 Å². The van der Waals surface area contributed by atoms with Gasteiger partial charge in [0.05, 0.1) is 5.39 Å². The lowest BCUT2D eigenvalue weighted by molar-refractivity contribution is 0.243. The smallest absolute Gasteiger partial charge is 0.141 e. The molecule has 3 nitrogen and oxygen atoms in total. The number of aromatic nitrogens is 2. The van der Waals surface area contributed by atoms with Gasteiger partial charge in [-0.1, -0.05) is 12.8 Å². The molecule has 0 aromatic carbocycles. The molecule has 3 heterocycles. The Kier molecular flexibility index (Phi) is 3.14. The van der Waals surface area contributed by atoms with Crippen molar-refractivity contribution in [3.63, 3.8) is 0 Å². The summed E-state index contributed by atoms with van der Waals surface area (Å²) in [6.07, 6.45) is 10.0. The molecule has 1 saturated carbocycles. The fraction of sp³-hybridized carbons (Fsp3) is 0.625. The summed E-state index contributed by atoms with van der Waals surface area (Å²) < 4.78 is 0. The first-order chi connectivity index (χ1) is 9.84. The second-order valence-electron chi connectivity index (χ2n) is 6.24. The summed E-state index contributed by atoms with van der Waals surface area (Å²) in [6, 6.07) is 0.717. The van der Waals surface area contributed by atoms with Crippen LogP contribution in [0.1, 0.15) is 44.1 Å². The molecule has 2 aliphatic rings. The van der Waals surface area contributed by atoms with Gasteiger partial charge in [-0.3, -0.25) is 0 Å². The van der Waals surface area contributed by atoms with Crippen LogP contribution in [0.25, 0.3) is 10.2 Å². The van der Waals surface area contributed by atoms with E-state index in [0.717, 1.165) is 16.8 Å². The van der Waals surface area contributed by atoms with E-state index in [2.05, 4.69) is 27.2 Å². The van der Waals surface area contributed by atoms with Crippen LogP contribution in [0.3, 0.4) is 0 Å². The molecule has 1 aliphatic heterocycles. The van der Waals surface area contributed by atoms with Gasteiger partial charge in [0.2, 0.25) is 0 Å². The van der Waals surface area contributed by atoms with Crippen LogP contribution in [-0.4, -0.2) is 22.6 Å². The molecule has 1 saturated heterocycles. The molecular formula is C16H21N3S. The molecule has 0 spiro atoms. The van der Waals surface area contributed by atoms with Crippen LogP contribution in [0.5, 0.6) is 0 Å². The number of fused-ring (bicyclic) bond motifs is 2. The Morgan fingerprint density at radius 3 is 2.95 bits per heavy atom. The molecule has 2 unspecified atom stereocenters. The van der Waals surface area contributed by atoms with E-state index in [4.69, 9.17) is 0 Å². The third-order valence-electron chi connectivity index (χ3n) is 5.05. The first-order valence-electron chi connectivity index (χ1n) is 7.80. The normalized spacial score (nSPS) is 26.8. The van der Waals surface area contributed by atoms with Crippen molar-refractivity contribution in [3.05, 3.63) is 17.3 Å². The van der Waals surface area contributed by atoms with Crippen molar-refractivity contribution in [2.24, 2.45) is 5.92 Å². The van der Waals surface area contributed by atoms with Gasteiger partial charge < -0.3 is 4.90 Å². The highest BCUT2D eigenvalue weighted by Crippen LogP contribution is 2.40. The van der Waals surface area contributed by atoms with E-state index in [1.54, 1.807) is 17.7 Å². The second kappa shape index (κ2) is 4.99. The lowest BCUT2D eigenvalue weighted by Gasteiger charge is -2.45. The average Bonchev–Trinajstić information content (AvgIpc) is 2.88. The topological polar surface area (TPSA) is 29.0 Å². The quantitative estimate of drug-likeness (QED) is 0.788. The van der Waals surface area contributed by atoms with Crippen molar-refractivity contribution in [1.82, 2.24) is 9.97 Å². The number of aryl methyl sites for hydroxylation is 1. The summed E-state index contributed by atoms with van der Waals surface area (Å²) in [6.45, 7) is 3.36. The van der Waals surface area contributed by atoms with E-state index in [0.29, 0.717) is 0 Å². The second-order valence-corrected chi connectivity index (χ2v) is 7.10. The number of anilines is 1. The number of thiophene rings is 1. The predicted octanol–water partition coefficient (Wildman–Crippen LogP) is 4.16. The predicted molar refractivity (Wildman–Crippen MR) is 84.5 cm³/mol. The first kappa shape index (κ1) is 12.6. The van der Waals surface area contributed by atoms with Gasteiger partial charge in [0, 0.05) is 12.6 Å². The van der Waals surface area contributed by atoms with Gasteiger partial charge in [-0.2, -0.15) is 0 Å². The molecule has 4 rings (SSSR count). The highest BCUT2D eigenvalue weighted by atomic mass is 32.1. The summed E-state index contributed by atoms with van der Waals surface area (Å²) in [5, 5.41) is 3.51. The Bertz CT molecular complexity index is 619. The summed E-state index contributed by atoms with van der Waals surface area (Å²) in [7, 11) is 0. The van der Waals surface area contributed by atoms with E-state index < -0.39 is 0 Å². The summed E-state index contributed by atoms with van der Waals surface area (Å²) in [5.74, 6) is 2.09.